The van der Waals surface area contributed by atoms with Crippen LogP contribution in [0.1, 0.15) is 36.0 Å². The standard InChI is InChI=1S/C30H29ClN4O5/c31-24-17-25-27(34-30(32-25)40-23-11-9-22(10-12-23)29(37)38)33-26(24)20-5-1-18(2-6-20)19-3-7-21(8-4-19)28(36)35-13-15-39-16-14-35/h1-8,17,22-23H,9-16H2,(H,37,38)(H,32,33,34). The number of carboxylic acid groups (broad SMARTS) is 1. The SMILES string of the molecule is O=C(O)C1CCC(Oc2nc3nc(-c4ccc(-c5ccc(C(=O)N6CCOCC6)cc5)cc4)c(Cl)cc3[nH]2)CC1. The number of aromatic nitrogens is 3. The summed E-state index contributed by atoms with van der Waals surface area (Å²) in [5, 5.41) is 9.69. The molecular weight excluding hydrogens is 532 g/mol. The molecule has 0 bridgehead atoms. The fraction of sp³-hybridized carbons (Fsp3) is 0.333. The lowest BCUT2D eigenvalue weighted by Gasteiger charge is -2.26. The second-order valence-corrected chi connectivity index (χ2v) is 10.6. The third-order valence-corrected chi connectivity index (χ3v) is 7.92. The molecular formula is C30H29ClN4O5. The maximum atomic E-state index is 12.7. The summed E-state index contributed by atoms with van der Waals surface area (Å²) in [4.78, 5) is 38.1. The molecule has 2 aromatic carbocycles. The number of nitrogens with one attached hydrogen (secondary N) is 1. The molecule has 206 valence electrons. The van der Waals surface area contributed by atoms with Gasteiger partial charge in [-0.05, 0) is 55.0 Å². The number of amides is 1. The Labute approximate surface area is 236 Å². The first-order valence-corrected chi connectivity index (χ1v) is 13.9. The number of halogens is 1. The first kappa shape index (κ1) is 26.3. The van der Waals surface area contributed by atoms with Crippen molar-refractivity contribution >= 4 is 34.6 Å². The molecule has 2 N–H and O–H groups in total. The molecule has 40 heavy (non-hydrogen) atoms. The fourth-order valence-electron chi connectivity index (χ4n) is 5.31. The molecule has 1 aliphatic heterocycles. The van der Waals surface area contributed by atoms with E-state index in [1.807, 2.05) is 53.4 Å². The molecule has 0 unspecified atom stereocenters. The smallest absolute Gasteiger partial charge is 0.306 e. The summed E-state index contributed by atoms with van der Waals surface area (Å²) in [7, 11) is 0. The number of nitrogens with zero attached hydrogens (tertiary/aromatic N) is 3. The van der Waals surface area contributed by atoms with Crippen LogP contribution in [0.25, 0.3) is 33.5 Å². The van der Waals surface area contributed by atoms with Gasteiger partial charge in [-0.25, -0.2) is 4.98 Å². The van der Waals surface area contributed by atoms with Crippen LogP contribution in [0, 0.1) is 5.92 Å². The van der Waals surface area contributed by atoms with Gasteiger partial charge < -0.3 is 24.5 Å². The third-order valence-electron chi connectivity index (χ3n) is 7.63. The number of aliphatic carboxylic acids is 1. The second kappa shape index (κ2) is 11.3. The Morgan fingerprint density at radius 3 is 2.20 bits per heavy atom. The highest BCUT2D eigenvalue weighted by molar-refractivity contribution is 6.33. The normalized spacial score (nSPS) is 19.5. The van der Waals surface area contributed by atoms with Crippen LogP contribution >= 0.6 is 11.6 Å². The van der Waals surface area contributed by atoms with Gasteiger partial charge in [0.2, 0.25) is 0 Å². The van der Waals surface area contributed by atoms with Gasteiger partial charge in [-0.15, -0.1) is 0 Å². The number of rotatable bonds is 6. The number of carbonyl (C=O) groups excluding carboxylic acids is 1. The summed E-state index contributed by atoms with van der Waals surface area (Å²) in [6.07, 6.45) is 2.46. The lowest BCUT2D eigenvalue weighted by molar-refractivity contribution is -0.143. The number of fused-ring (bicyclic) bond motifs is 1. The number of benzene rings is 2. The van der Waals surface area contributed by atoms with E-state index in [2.05, 4.69) is 15.0 Å². The van der Waals surface area contributed by atoms with Crippen molar-refractivity contribution in [1.82, 2.24) is 19.9 Å². The van der Waals surface area contributed by atoms with Crippen molar-refractivity contribution < 1.29 is 24.2 Å². The summed E-state index contributed by atoms with van der Waals surface area (Å²) < 4.78 is 11.3. The molecule has 4 aromatic rings. The van der Waals surface area contributed by atoms with Crippen molar-refractivity contribution in [3.63, 3.8) is 0 Å². The van der Waals surface area contributed by atoms with Gasteiger partial charge in [0.05, 0.1) is 35.4 Å². The number of hydrogen-bond donors (Lipinski definition) is 2. The van der Waals surface area contributed by atoms with Crippen LogP contribution in [-0.2, 0) is 9.53 Å². The second-order valence-electron chi connectivity index (χ2n) is 10.2. The molecule has 2 fully saturated rings. The number of morpholine rings is 1. The summed E-state index contributed by atoms with van der Waals surface area (Å²) in [6.45, 7) is 2.39. The zero-order valence-electron chi connectivity index (χ0n) is 21.8. The fourth-order valence-corrected chi connectivity index (χ4v) is 5.57. The van der Waals surface area contributed by atoms with E-state index in [0.717, 1.165) is 16.7 Å². The number of pyridine rings is 1. The minimum absolute atomic E-state index is 0.0267. The zero-order valence-corrected chi connectivity index (χ0v) is 22.6. The topological polar surface area (TPSA) is 118 Å². The van der Waals surface area contributed by atoms with E-state index in [9.17, 15) is 14.7 Å². The lowest BCUT2D eigenvalue weighted by Crippen LogP contribution is -2.40. The van der Waals surface area contributed by atoms with Crippen molar-refractivity contribution in [1.29, 1.82) is 0 Å². The van der Waals surface area contributed by atoms with Crippen molar-refractivity contribution in [2.75, 3.05) is 26.3 Å². The van der Waals surface area contributed by atoms with Crippen LogP contribution in [0.3, 0.4) is 0 Å². The number of ether oxygens (including phenoxy) is 2. The minimum atomic E-state index is -0.740. The van der Waals surface area contributed by atoms with Crippen LogP contribution in [0.2, 0.25) is 5.02 Å². The van der Waals surface area contributed by atoms with Crippen molar-refractivity contribution in [2.24, 2.45) is 5.92 Å². The monoisotopic (exact) mass is 560 g/mol. The molecule has 9 nitrogen and oxygen atoms in total. The molecule has 10 heteroatoms. The van der Waals surface area contributed by atoms with Gasteiger partial charge >= 0.3 is 5.97 Å². The highest BCUT2D eigenvalue weighted by Crippen LogP contribution is 2.32. The average molecular weight is 561 g/mol. The summed E-state index contributed by atoms with van der Waals surface area (Å²) in [5.41, 5.74) is 5.33. The predicted octanol–water partition coefficient (Wildman–Crippen LogP) is 5.44. The van der Waals surface area contributed by atoms with Gasteiger partial charge in [0.15, 0.2) is 5.65 Å². The number of imidazole rings is 1. The number of hydrogen-bond acceptors (Lipinski definition) is 6. The van der Waals surface area contributed by atoms with Crippen LogP contribution in [-0.4, -0.2) is 69.2 Å². The Balaban J connectivity index is 1.15. The Bertz CT molecular complexity index is 1520. The molecule has 2 aliphatic rings. The Morgan fingerprint density at radius 2 is 1.55 bits per heavy atom. The average Bonchev–Trinajstić information content (AvgIpc) is 3.38. The van der Waals surface area contributed by atoms with Crippen molar-refractivity contribution in [2.45, 2.75) is 31.8 Å². The summed E-state index contributed by atoms with van der Waals surface area (Å²) in [5.74, 6) is -1.01. The van der Waals surface area contributed by atoms with E-state index in [-0.39, 0.29) is 17.9 Å². The molecule has 0 atom stereocenters. The zero-order chi connectivity index (χ0) is 27.6. The van der Waals surface area contributed by atoms with Gasteiger partial charge in [-0.2, -0.15) is 4.98 Å². The maximum Gasteiger partial charge on any atom is 0.306 e. The number of H-pyrrole nitrogens is 1. The van der Waals surface area contributed by atoms with Crippen molar-refractivity contribution in [3.05, 3.63) is 65.2 Å². The molecule has 1 saturated heterocycles. The Morgan fingerprint density at radius 1 is 0.925 bits per heavy atom. The quantitative estimate of drug-likeness (QED) is 0.322. The summed E-state index contributed by atoms with van der Waals surface area (Å²) >= 11 is 6.60. The number of carbonyl (C=O) groups is 2. The third kappa shape index (κ3) is 5.52. The Hall–Kier alpha value is -3.95. The van der Waals surface area contributed by atoms with Crippen LogP contribution < -0.4 is 4.74 Å². The molecule has 2 aromatic heterocycles. The highest BCUT2D eigenvalue weighted by Gasteiger charge is 2.27. The van der Waals surface area contributed by atoms with Gasteiger partial charge in [0.25, 0.3) is 11.9 Å². The molecule has 1 saturated carbocycles. The maximum absolute atomic E-state index is 12.7. The molecule has 0 spiro atoms. The largest absolute Gasteiger partial charge is 0.481 e. The first-order chi connectivity index (χ1) is 19.4. The van der Waals surface area contributed by atoms with E-state index in [0.29, 0.717) is 85.4 Å². The lowest BCUT2D eigenvalue weighted by atomic mass is 9.87. The molecule has 6 rings (SSSR count). The predicted molar refractivity (Wildman–Crippen MR) is 151 cm³/mol. The van der Waals surface area contributed by atoms with Crippen LogP contribution in [0.5, 0.6) is 6.01 Å². The van der Waals surface area contributed by atoms with Gasteiger partial charge in [0.1, 0.15) is 6.10 Å². The number of aromatic amines is 1. The molecule has 1 amide bonds. The van der Waals surface area contributed by atoms with Gasteiger partial charge in [-0.3, -0.25) is 9.59 Å². The number of carboxylic acids is 1. The van der Waals surface area contributed by atoms with Crippen LogP contribution in [0.4, 0.5) is 0 Å². The van der Waals surface area contributed by atoms with Crippen molar-refractivity contribution in [3.8, 4) is 28.4 Å². The van der Waals surface area contributed by atoms with E-state index < -0.39 is 5.97 Å². The molecule has 0 radical (unpaired) electrons. The highest BCUT2D eigenvalue weighted by atomic mass is 35.5. The van der Waals surface area contributed by atoms with E-state index in [1.165, 1.54) is 0 Å². The minimum Gasteiger partial charge on any atom is -0.481 e. The molecule has 3 heterocycles. The van der Waals surface area contributed by atoms with Crippen LogP contribution in [0.15, 0.2) is 54.6 Å². The first-order valence-electron chi connectivity index (χ1n) is 13.5. The van der Waals surface area contributed by atoms with Gasteiger partial charge in [-0.1, -0.05) is 48.0 Å². The van der Waals surface area contributed by atoms with E-state index in [4.69, 9.17) is 21.1 Å². The Kier molecular flexibility index (Phi) is 7.40. The molecule has 1 aliphatic carbocycles. The summed E-state index contributed by atoms with van der Waals surface area (Å²) in [6, 6.07) is 17.7. The van der Waals surface area contributed by atoms with E-state index >= 15 is 0 Å². The van der Waals surface area contributed by atoms with E-state index in [1.54, 1.807) is 6.07 Å². The van der Waals surface area contributed by atoms with Gasteiger partial charge in [0, 0.05) is 24.2 Å².